The molecule has 148 valence electrons. The number of imidazole rings is 1. The van der Waals surface area contributed by atoms with Crippen LogP contribution in [0.3, 0.4) is 0 Å². The molecule has 0 radical (unpaired) electrons. The van der Waals surface area contributed by atoms with Gasteiger partial charge in [-0.05, 0) is 37.1 Å². The Bertz CT molecular complexity index is 960. The monoisotopic (exact) mass is 408 g/mol. The number of ether oxygens (including phenoxy) is 1. The normalized spacial score (nSPS) is 18.8. The summed E-state index contributed by atoms with van der Waals surface area (Å²) in [7, 11) is 0. The van der Waals surface area contributed by atoms with E-state index in [2.05, 4.69) is 15.3 Å². The van der Waals surface area contributed by atoms with Crippen molar-refractivity contribution in [1.29, 1.82) is 0 Å². The number of fused-ring (bicyclic) bond motifs is 1. The first-order valence-electron chi connectivity index (χ1n) is 9.14. The smallest absolute Gasteiger partial charge is 0.248 e. The Morgan fingerprint density at radius 2 is 2.07 bits per heavy atom. The van der Waals surface area contributed by atoms with Crippen LogP contribution >= 0.6 is 11.6 Å². The summed E-state index contributed by atoms with van der Waals surface area (Å²) in [4.78, 5) is 21.1. The number of alkyl halides is 2. The molecule has 2 aliphatic rings. The summed E-state index contributed by atoms with van der Waals surface area (Å²) in [6.45, 7) is 0.176. The number of rotatable bonds is 6. The van der Waals surface area contributed by atoms with Crippen molar-refractivity contribution < 1.29 is 18.3 Å². The number of aromatic nitrogens is 3. The fraction of sp³-hybridized carbons (Fsp3) is 0.421. The first-order valence-corrected chi connectivity index (χ1v) is 9.52. The molecule has 0 aliphatic heterocycles. The van der Waals surface area contributed by atoms with Crippen molar-refractivity contribution >= 4 is 40.3 Å². The van der Waals surface area contributed by atoms with Crippen LogP contribution in [0.4, 0.5) is 14.7 Å². The van der Waals surface area contributed by atoms with E-state index in [0.717, 1.165) is 5.70 Å². The van der Waals surface area contributed by atoms with Crippen LogP contribution in [0.15, 0.2) is 30.4 Å². The Morgan fingerprint density at radius 3 is 2.75 bits per heavy atom. The molecule has 2 aromatic heterocycles. The number of allylic oxidation sites excluding steroid dienone is 4. The van der Waals surface area contributed by atoms with E-state index >= 15 is 0 Å². The standard InChI is InChI=1S/C19H19ClF2N4O2/c20-15-5-4-14-17(24-15)26(12-2-1-3-12)18(23-14)25-16(27)8-11-28-13-6-9-19(21,22)10-7-13/h1-5,13H,6-11H2,(H,23,25,27). The van der Waals surface area contributed by atoms with E-state index in [4.69, 9.17) is 16.3 Å². The van der Waals surface area contributed by atoms with E-state index in [-0.39, 0.29) is 37.9 Å². The molecule has 4 rings (SSSR count). The maximum absolute atomic E-state index is 13.2. The summed E-state index contributed by atoms with van der Waals surface area (Å²) in [6, 6.07) is 3.38. The highest BCUT2D eigenvalue weighted by molar-refractivity contribution is 6.29. The summed E-state index contributed by atoms with van der Waals surface area (Å²) in [5, 5.41) is 3.11. The van der Waals surface area contributed by atoms with Crippen molar-refractivity contribution in [2.24, 2.45) is 0 Å². The second kappa shape index (κ2) is 7.60. The number of amides is 1. The van der Waals surface area contributed by atoms with E-state index in [9.17, 15) is 13.6 Å². The largest absolute Gasteiger partial charge is 0.378 e. The molecule has 1 saturated carbocycles. The number of hydrogen-bond acceptors (Lipinski definition) is 4. The van der Waals surface area contributed by atoms with Crippen molar-refractivity contribution in [1.82, 2.24) is 14.5 Å². The minimum atomic E-state index is -2.59. The zero-order valence-electron chi connectivity index (χ0n) is 15.0. The molecule has 2 aromatic rings. The minimum Gasteiger partial charge on any atom is -0.378 e. The average Bonchev–Trinajstić information content (AvgIpc) is 2.92. The van der Waals surface area contributed by atoms with Crippen LogP contribution < -0.4 is 5.32 Å². The highest BCUT2D eigenvalue weighted by atomic mass is 35.5. The molecule has 2 heterocycles. The van der Waals surface area contributed by atoms with Gasteiger partial charge in [-0.1, -0.05) is 17.7 Å². The average molecular weight is 409 g/mol. The topological polar surface area (TPSA) is 69.0 Å². The molecule has 0 atom stereocenters. The lowest BCUT2D eigenvalue weighted by Gasteiger charge is -2.28. The zero-order valence-corrected chi connectivity index (χ0v) is 15.8. The second-order valence-electron chi connectivity index (χ2n) is 6.92. The van der Waals surface area contributed by atoms with Gasteiger partial charge >= 0.3 is 0 Å². The third-order valence-corrected chi connectivity index (χ3v) is 5.07. The number of nitrogens with one attached hydrogen (secondary N) is 1. The molecule has 9 heteroatoms. The molecule has 2 aliphatic carbocycles. The van der Waals surface area contributed by atoms with Gasteiger partial charge in [0, 0.05) is 12.8 Å². The van der Waals surface area contributed by atoms with E-state index in [1.165, 1.54) is 0 Å². The Hall–Kier alpha value is -2.32. The quantitative estimate of drug-likeness (QED) is 0.718. The lowest BCUT2D eigenvalue weighted by Crippen LogP contribution is -2.29. The number of carbonyl (C=O) groups is 1. The van der Waals surface area contributed by atoms with Crippen LogP contribution in [0.25, 0.3) is 16.9 Å². The van der Waals surface area contributed by atoms with E-state index in [1.54, 1.807) is 16.7 Å². The number of pyridine rings is 1. The van der Waals surface area contributed by atoms with Crippen molar-refractivity contribution in [2.75, 3.05) is 11.9 Å². The number of anilines is 1. The molecule has 0 saturated heterocycles. The first-order chi connectivity index (χ1) is 13.4. The summed E-state index contributed by atoms with van der Waals surface area (Å²) >= 11 is 5.99. The van der Waals surface area contributed by atoms with Gasteiger partial charge in [0.25, 0.3) is 0 Å². The van der Waals surface area contributed by atoms with Crippen LogP contribution in [-0.2, 0) is 9.53 Å². The highest BCUT2D eigenvalue weighted by Crippen LogP contribution is 2.34. The van der Waals surface area contributed by atoms with Gasteiger partial charge in [0.1, 0.15) is 10.7 Å². The number of halogens is 3. The Morgan fingerprint density at radius 1 is 1.32 bits per heavy atom. The summed E-state index contributed by atoms with van der Waals surface area (Å²) < 4.78 is 33.7. The Balaban J connectivity index is 1.37. The summed E-state index contributed by atoms with van der Waals surface area (Å²) in [6.07, 6.45) is 5.83. The first kappa shape index (κ1) is 19.0. The molecule has 0 bridgehead atoms. The maximum Gasteiger partial charge on any atom is 0.248 e. The summed E-state index contributed by atoms with van der Waals surface area (Å²) in [5.74, 6) is -2.51. The molecule has 1 N–H and O–H groups in total. The third kappa shape index (κ3) is 4.07. The maximum atomic E-state index is 13.2. The SMILES string of the molecule is O=C(CCOC1CCC(F)(F)CC1)Nc1nc2ccc(Cl)nc2n1C1=CC=C1. The molecule has 0 unspecified atom stereocenters. The number of hydrogen-bond donors (Lipinski definition) is 1. The molecular weight excluding hydrogens is 390 g/mol. The van der Waals surface area contributed by atoms with Crippen molar-refractivity contribution in [3.63, 3.8) is 0 Å². The predicted octanol–water partition coefficient (Wildman–Crippen LogP) is 4.42. The van der Waals surface area contributed by atoms with Crippen molar-refractivity contribution in [3.8, 4) is 0 Å². The van der Waals surface area contributed by atoms with E-state index < -0.39 is 5.92 Å². The fourth-order valence-corrected chi connectivity index (χ4v) is 3.42. The Kier molecular flexibility index (Phi) is 5.16. The van der Waals surface area contributed by atoms with Crippen LogP contribution in [0.1, 0.15) is 32.1 Å². The lowest BCUT2D eigenvalue weighted by atomic mass is 9.94. The van der Waals surface area contributed by atoms with Gasteiger partial charge in [0.15, 0.2) is 5.65 Å². The van der Waals surface area contributed by atoms with Gasteiger partial charge in [0.2, 0.25) is 17.8 Å². The zero-order chi connectivity index (χ0) is 19.7. The van der Waals surface area contributed by atoms with Crippen LogP contribution in [0.5, 0.6) is 0 Å². The molecular formula is C19H19ClF2N4O2. The van der Waals surface area contributed by atoms with Crippen LogP contribution in [0.2, 0.25) is 5.15 Å². The molecule has 28 heavy (non-hydrogen) atoms. The number of nitrogens with zero attached hydrogens (tertiary/aromatic N) is 3. The molecule has 1 amide bonds. The second-order valence-corrected chi connectivity index (χ2v) is 7.31. The molecule has 1 fully saturated rings. The van der Waals surface area contributed by atoms with Gasteiger partial charge in [-0.15, -0.1) is 0 Å². The molecule has 0 aromatic carbocycles. The van der Waals surface area contributed by atoms with Crippen molar-refractivity contribution in [2.45, 2.75) is 44.1 Å². The van der Waals surface area contributed by atoms with Crippen LogP contribution in [0, 0.1) is 0 Å². The third-order valence-electron chi connectivity index (χ3n) is 4.86. The predicted molar refractivity (Wildman–Crippen MR) is 102 cm³/mol. The fourth-order valence-electron chi connectivity index (χ4n) is 3.28. The van der Waals surface area contributed by atoms with Gasteiger partial charge in [-0.2, -0.15) is 0 Å². The van der Waals surface area contributed by atoms with Gasteiger partial charge in [0.05, 0.1) is 24.8 Å². The lowest BCUT2D eigenvalue weighted by molar-refractivity contribution is -0.119. The van der Waals surface area contributed by atoms with Gasteiger partial charge < -0.3 is 4.74 Å². The minimum absolute atomic E-state index is 0.110. The number of carbonyl (C=O) groups excluding carboxylic acids is 1. The van der Waals surface area contributed by atoms with Gasteiger partial charge in [-0.3, -0.25) is 14.7 Å². The molecule has 0 spiro atoms. The summed E-state index contributed by atoms with van der Waals surface area (Å²) in [5.41, 5.74) is 2.00. The van der Waals surface area contributed by atoms with Gasteiger partial charge in [-0.25, -0.2) is 18.7 Å². The Labute approximate surface area is 165 Å². The van der Waals surface area contributed by atoms with E-state index in [0.29, 0.717) is 35.1 Å². The molecule has 6 nitrogen and oxygen atoms in total. The van der Waals surface area contributed by atoms with E-state index in [1.807, 2.05) is 18.2 Å². The highest BCUT2D eigenvalue weighted by Gasteiger charge is 2.35. The van der Waals surface area contributed by atoms with Crippen LogP contribution in [-0.4, -0.2) is 39.1 Å². The van der Waals surface area contributed by atoms with Crippen molar-refractivity contribution in [3.05, 3.63) is 35.5 Å².